The fourth-order valence-electron chi connectivity index (χ4n) is 4.92. The monoisotopic (exact) mass is 596 g/mol. The lowest BCUT2D eigenvalue weighted by Gasteiger charge is -2.49. The zero-order chi connectivity index (χ0) is 30.3. The Bertz CT molecular complexity index is 1520. The Labute approximate surface area is 254 Å². The van der Waals surface area contributed by atoms with Crippen LogP contribution < -0.4 is 5.32 Å². The number of hydrogen-bond donors (Lipinski definition) is 1. The Hall–Kier alpha value is -4.63. The smallest absolute Gasteiger partial charge is 0.356 e. The van der Waals surface area contributed by atoms with E-state index in [9.17, 15) is 19.2 Å². The average molecular weight is 597 g/mol. The fourth-order valence-corrected chi connectivity index (χ4v) is 6.25. The summed E-state index contributed by atoms with van der Waals surface area (Å²) in [6.45, 7) is 3.20. The number of thioether (sulfide) groups is 1. The molecule has 2 amide bonds. The number of allylic oxidation sites excluding steroid dienone is 1. The van der Waals surface area contributed by atoms with Gasteiger partial charge in [-0.15, -0.1) is 11.8 Å². The van der Waals surface area contributed by atoms with Crippen LogP contribution in [0.2, 0.25) is 0 Å². The molecule has 3 aromatic rings. The molecular formula is C34H32N2O6S. The number of esters is 2. The van der Waals surface area contributed by atoms with Crippen LogP contribution in [-0.4, -0.2) is 52.4 Å². The molecule has 5 rings (SSSR count). The maximum Gasteiger partial charge on any atom is 0.356 e. The second-order valence-electron chi connectivity index (χ2n) is 10.2. The molecule has 2 aliphatic rings. The summed E-state index contributed by atoms with van der Waals surface area (Å²) in [5, 5.41) is 2.33. The molecule has 8 nitrogen and oxygen atoms in total. The molecule has 3 aromatic carbocycles. The number of nitrogens with zero attached hydrogens (tertiary/aromatic N) is 1. The molecule has 0 saturated carbocycles. The third kappa shape index (κ3) is 6.73. The van der Waals surface area contributed by atoms with Crippen molar-refractivity contribution in [2.24, 2.45) is 0 Å². The molecule has 43 heavy (non-hydrogen) atoms. The predicted octanol–water partition coefficient (Wildman–Crippen LogP) is 4.73. The molecule has 1 saturated heterocycles. The molecule has 2 atom stereocenters. The Morgan fingerprint density at radius 3 is 2.12 bits per heavy atom. The summed E-state index contributed by atoms with van der Waals surface area (Å²) in [6, 6.07) is 27.2. The zero-order valence-corrected chi connectivity index (χ0v) is 24.7. The molecule has 9 heteroatoms. The SMILES string of the molecule is C/C=C(/C)C(=O)OCC1=C(C(=O)OC(c2ccccc2)c2ccccc2)N2C(=O)[C@@H](NC(=O)Cc3ccccc3)[C@H]2SC1. The van der Waals surface area contributed by atoms with E-state index in [1.54, 1.807) is 19.9 Å². The van der Waals surface area contributed by atoms with Crippen LogP contribution >= 0.6 is 11.8 Å². The second kappa shape index (κ2) is 13.6. The van der Waals surface area contributed by atoms with Gasteiger partial charge in [0, 0.05) is 16.9 Å². The highest BCUT2D eigenvalue weighted by Crippen LogP contribution is 2.41. The van der Waals surface area contributed by atoms with Crippen LogP contribution in [0.1, 0.15) is 36.6 Å². The number of β-lactam (4-membered cyclic amide) rings is 1. The Morgan fingerprint density at radius 2 is 1.53 bits per heavy atom. The lowest BCUT2D eigenvalue weighted by molar-refractivity contribution is -0.155. The molecule has 220 valence electrons. The molecule has 1 fully saturated rings. The third-order valence-electron chi connectivity index (χ3n) is 7.33. The van der Waals surface area contributed by atoms with E-state index in [1.807, 2.05) is 91.0 Å². The van der Waals surface area contributed by atoms with Gasteiger partial charge in [0.1, 0.15) is 23.7 Å². The zero-order valence-electron chi connectivity index (χ0n) is 23.9. The van der Waals surface area contributed by atoms with Crippen molar-refractivity contribution in [1.29, 1.82) is 0 Å². The highest BCUT2D eigenvalue weighted by atomic mass is 32.2. The molecule has 2 aliphatic heterocycles. The van der Waals surface area contributed by atoms with Crippen LogP contribution in [0.3, 0.4) is 0 Å². The number of carbonyl (C=O) groups excluding carboxylic acids is 4. The van der Waals surface area contributed by atoms with E-state index >= 15 is 0 Å². The topological polar surface area (TPSA) is 102 Å². The van der Waals surface area contributed by atoms with Crippen molar-refractivity contribution in [1.82, 2.24) is 10.2 Å². The van der Waals surface area contributed by atoms with Gasteiger partial charge in [0.2, 0.25) is 5.91 Å². The minimum atomic E-state index is -0.794. The van der Waals surface area contributed by atoms with Gasteiger partial charge in [0.15, 0.2) is 6.10 Å². The third-order valence-corrected chi connectivity index (χ3v) is 8.67. The van der Waals surface area contributed by atoms with E-state index in [1.165, 1.54) is 16.7 Å². The normalized spacial score (nSPS) is 18.1. The molecule has 0 aromatic heterocycles. The summed E-state index contributed by atoms with van der Waals surface area (Å²) >= 11 is 1.40. The summed E-state index contributed by atoms with van der Waals surface area (Å²) in [4.78, 5) is 54.1. The summed E-state index contributed by atoms with van der Waals surface area (Å²) in [5.41, 5.74) is 3.30. The maximum atomic E-state index is 14.0. The van der Waals surface area contributed by atoms with Gasteiger partial charge in [-0.2, -0.15) is 0 Å². The van der Waals surface area contributed by atoms with Gasteiger partial charge in [0.25, 0.3) is 5.91 Å². The lowest BCUT2D eigenvalue weighted by Crippen LogP contribution is -2.70. The molecule has 0 unspecified atom stereocenters. The predicted molar refractivity (Wildman–Crippen MR) is 163 cm³/mol. The molecular weight excluding hydrogens is 564 g/mol. The number of rotatable bonds is 10. The summed E-state index contributed by atoms with van der Waals surface area (Å²) in [7, 11) is 0. The fraction of sp³-hybridized carbons (Fsp3) is 0.235. The number of benzene rings is 3. The van der Waals surface area contributed by atoms with Crippen LogP contribution in [0.4, 0.5) is 0 Å². The average Bonchev–Trinajstić information content (AvgIpc) is 3.05. The van der Waals surface area contributed by atoms with Gasteiger partial charge >= 0.3 is 11.9 Å². The number of nitrogens with one attached hydrogen (secondary N) is 1. The van der Waals surface area contributed by atoms with Crippen LogP contribution in [-0.2, 0) is 35.1 Å². The van der Waals surface area contributed by atoms with Crippen molar-refractivity contribution in [2.75, 3.05) is 12.4 Å². The number of carbonyl (C=O) groups is 4. The van der Waals surface area contributed by atoms with Crippen LogP contribution in [0.25, 0.3) is 0 Å². The number of fused-ring (bicyclic) bond motifs is 1. The molecule has 1 N–H and O–H groups in total. The van der Waals surface area contributed by atoms with Crippen molar-refractivity contribution in [3.8, 4) is 0 Å². The first-order valence-corrected chi connectivity index (χ1v) is 15.0. The van der Waals surface area contributed by atoms with Crippen LogP contribution in [0.15, 0.2) is 114 Å². The standard InChI is InChI=1S/C34H32N2O6S/c1-3-22(2)33(39)41-20-26-21-43-32-28(35-27(37)19-23-13-7-4-8-14-23)31(38)36(32)29(26)34(40)42-30(24-15-9-5-10-16-24)25-17-11-6-12-18-25/h3-18,28,30,32H,19-21H2,1-2H3,(H,35,37)/b22-3-/t28-,32-/m1/s1. The van der Waals surface area contributed by atoms with E-state index in [0.29, 0.717) is 16.9 Å². The minimum absolute atomic E-state index is 0.0464. The highest BCUT2D eigenvalue weighted by molar-refractivity contribution is 8.00. The molecule has 0 aliphatic carbocycles. The van der Waals surface area contributed by atoms with Crippen molar-refractivity contribution in [3.63, 3.8) is 0 Å². The van der Waals surface area contributed by atoms with Gasteiger partial charge in [0.05, 0.1) is 6.42 Å². The first kappa shape index (κ1) is 29.8. The second-order valence-corrected chi connectivity index (χ2v) is 11.3. The van der Waals surface area contributed by atoms with Crippen molar-refractivity contribution < 1.29 is 28.7 Å². The summed E-state index contributed by atoms with van der Waals surface area (Å²) in [5.74, 6) is -1.61. The van der Waals surface area contributed by atoms with E-state index in [2.05, 4.69) is 5.32 Å². The van der Waals surface area contributed by atoms with Gasteiger partial charge < -0.3 is 14.8 Å². The lowest BCUT2D eigenvalue weighted by atomic mass is 10.0. The molecule has 0 spiro atoms. The molecule has 2 heterocycles. The minimum Gasteiger partial charge on any atom is -0.458 e. The Kier molecular flexibility index (Phi) is 9.41. The van der Waals surface area contributed by atoms with Crippen molar-refractivity contribution >= 4 is 35.5 Å². The number of amides is 2. The molecule has 0 radical (unpaired) electrons. The van der Waals surface area contributed by atoms with Gasteiger partial charge in [-0.25, -0.2) is 9.59 Å². The van der Waals surface area contributed by atoms with Crippen molar-refractivity contribution in [2.45, 2.75) is 37.8 Å². The van der Waals surface area contributed by atoms with E-state index < -0.39 is 35.4 Å². The highest BCUT2D eigenvalue weighted by Gasteiger charge is 2.54. The van der Waals surface area contributed by atoms with Gasteiger partial charge in [-0.3, -0.25) is 14.5 Å². The Morgan fingerprint density at radius 1 is 0.953 bits per heavy atom. The van der Waals surface area contributed by atoms with Gasteiger partial charge in [-0.05, 0) is 30.5 Å². The van der Waals surface area contributed by atoms with Gasteiger partial charge in [-0.1, -0.05) is 97.1 Å². The first-order chi connectivity index (χ1) is 20.9. The van der Waals surface area contributed by atoms with E-state index in [0.717, 1.165) is 16.7 Å². The van der Waals surface area contributed by atoms with Crippen LogP contribution in [0, 0.1) is 0 Å². The number of ether oxygens (including phenoxy) is 2. The van der Waals surface area contributed by atoms with E-state index in [4.69, 9.17) is 9.47 Å². The quantitative estimate of drug-likeness (QED) is 0.205. The van der Waals surface area contributed by atoms with E-state index in [-0.39, 0.29) is 24.6 Å². The maximum absolute atomic E-state index is 14.0. The number of hydrogen-bond acceptors (Lipinski definition) is 7. The first-order valence-electron chi connectivity index (χ1n) is 14.0. The Balaban J connectivity index is 1.41. The molecule has 0 bridgehead atoms. The van der Waals surface area contributed by atoms with Crippen molar-refractivity contribution in [3.05, 3.63) is 131 Å². The summed E-state index contributed by atoms with van der Waals surface area (Å²) < 4.78 is 11.6. The largest absolute Gasteiger partial charge is 0.458 e. The van der Waals surface area contributed by atoms with Crippen LogP contribution in [0.5, 0.6) is 0 Å². The summed E-state index contributed by atoms with van der Waals surface area (Å²) in [6.07, 6.45) is 1.04.